The molecule has 29 heavy (non-hydrogen) atoms. The van der Waals surface area contributed by atoms with Crippen LogP contribution in [0.5, 0.6) is 5.75 Å². The van der Waals surface area contributed by atoms with Gasteiger partial charge in [-0.3, -0.25) is 4.79 Å². The highest BCUT2D eigenvalue weighted by Gasteiger charge is 2.13. The van der Waals surface area contributed by atoms with Gasteiger partial charge in [0.1, 0.15) is 5.75 Å². The smallest absolute Gasteiger partial charge is 0.223 e. The van der Waals surface area contributed by atoms with E-state index in [0.717, 1.165) is 11.8 Å². The van der Waals surface area contributed by atoms with Crippen LogP contribution in [-0.2, 0) is 21.2 Å². The van der Waals surface area contributed by atoms with E-state index < -0.39 is 9.84 Å². The number of hydrogen-bond donors (Lipinski definition) is 0. The van der Waals surface area contributed by atoms with Crippen LogP contribution < -0.4 is 4.74 Å². The Balaban J connectivity index is 1.83. The zero-order valence-corrected chi connectivity index (χ0v) is 17.2. The third kappa shape index (κ3) is 7.09. The van der Waals surface area contributed by atoms with Gasteiger partial charge in [0.15, 0.2) is 9.84 Å². The van der Waals surface area contributed by atoms with Crippen LogP contribution in [0.4, 0.5) is 0 Å². The first-order valence-electron chi connectivity index (χ1n) is 9.14. The van der Waals surface area contributed by atoms with E-state index in [1.807, 2.05) is 12.1 Å². The lowest BCUT2D eigenvalue weighted by Crippen LogP contribution is -2.30. The molecule has 7 heteroatoms. The molecule has 152 valence electrons. The first-order chi connectivity index (χ1) is 13.8. The third-order valence-corrected chi connectivity index (χ3v) is 5.34. The fraction of sp³-hybridized carbons (Fsp3) is 0.273. The Morgan fingerprint density at radius 2 is 1.83 bits per heavy atom. The maximum atomic E-state index is 12.5. The average Bonchev–Trinajstić information content (AvgIpc) is 2.71. The molecule has 0 aromatic heterocycles. The molecule has 0 spiro atoms. The van der Waals surface area contributed by atoms with Gasteiger partial charge in [-0.1, -0.05) is 18.2 Å². The van der Waals surface area contributed by atoms with Crippen molar-refractivity contribution in [1.29, 1.82) is 5.26 Å². The summed E-state index contributed by atoms with van der Waals surface area (Å²) in [7, 11) is -3.23. The van der Waals surface area contributed by atoms with Gasteiger partial charge in [0.25, 0.3) is 0 Å². The molecule has 0 aliphatic heterocycles. The number of benzene rings is 2. The second-order valence-corrected chi connectivity index (χ2v) is 8.58. The van der Waals surface area contributed by atoms with Crippen molar-refractivity contribution in [1.82, 2.24) is 4.90 Å². The molecule has 1 amide bonds. The summed E-state index contributed by atoms with van der Waals surface area (Å²) in [5, 5.41) is 8.87. The van der Waals surface area contributed by atoms with E-state index in [-0.39, 0.29) is 10.8 Å². The fourth-order valence-corrected chi connectivity index (χ4v) is 3.30. The minimum absolute atomic E-state index is 0.00900. The SMILES string of the molecule is C=CCN(Cc1ccc(C#N)cc1)C(=O)CCCOc1ccc(S(C)(=O)=O)cc1. The lowest BCUT2D eigenvalue weighted by atomic mass is 10.1. The van der Waals surface area contributed by atoms with Crippen LogP contribution in [0.1, 0.15) is 24.0 Å². The fourth-order valence-electron chi connectivity index (χ4n) is 2.67. The second kappa shape index (κ2) is 10.4. The number of nitriles is 1. The van der Waals surface area contributed by atoms with E-state index in [4.69, 9.17) is 10.00 Å². The highest BCUT2D eigenvalue weighted by atomic mass is 32.2. The summed E-state index contributed by atoms with van der Waals surface area (Å²) in [5.74, 6) is 0.552. The summed E-state index contributed by atoms with van der Waals surface area (Å²) < 4.78 is 28.5. The summed E-state index contributed by atoms with van der Waals surface area (Å²) in [6.45, 7) is 4.94. The van der Waals surface area contributed by atoms with Crippen LogP contribution in [0.25, 0.3) is 0 Å². The molecule has 0 atom stereocenters. The molecule has 0 aliphatic rings. The molecule has 0 saturated carbocycles. The summed E-state index contributed by atoms with van der Waals surface area (Å²) in [6, 6.07) is 15.4. The first kappa shape index (κ1) is 22.2. The van der Waals surface area contributed by atoms with Gasteiger partial charge in [-0.2, -0.15) is 5.26 Å². The summed E-state index contributed by atoms with van der Waals surface area (Å²) in [5.41, 5.74) is 1.53. The van der Waals surface area contributed by atoms with Crippen molar-refractivity contribution in [3.63, 3.8) is 0 Å². The van der Waals surface area contributed by atoms with Crippen LogP contribution in [0.3, 0.4) is 0 Å². The van der Waals surface area contributed by atoms with E-state index >= 15 is 0 Å². The van der Waals surface area contributed by atoms with Gasteiger partial charge >= 0.3 is 0 Å². The molecule has 2 aromatic rings. The van der Waals surface area contributed by atoms with E-state index in [1.54, 1.807) is 35.2 Å². The van der Waals surface area contributed by atoms with Crippen LogP contribution in [0, 0.1) is 11.3 Å². The van der Waals surface area contributed by atoms with Crippen molar-refractivity contribution < 1.29 is 17.9 Å². The van der Waals surface area contributed by atoms with Gasteiger partial charge in [0, 0.05) is 25.8 Å². The molecule has 0 aliphatic carbocycles. The number of hydrogen-bond acceptors (Lipinski definition) is 5. The largest absolute Gasteiger partial charge is 0.494 e. The summed E-state index contributed by atoms with van der Waals surface area (Å²) >= 11 is 0. The zero-order chi connectivity index (χ0) is 21.3. The van der Waals surface area contributed by atoms with Gasteiger partial charge in [-0.05, 0) is 48.4 Å². The lowest BCUT2D eigenvalue weighted by molar-refractivity contribution is -0.131. The summed E-state index contributed by atoms with van der Waals surface area (Å²) in [6.07, 6.45) is 3.70. The normalized spacial score (nSPS) is 10.8. The van der Waals surface area contributed by atoms with Crippen molar-refractivity contribution in [3.8, 4) is 11.8 Å². The molecule has 0 unspecified atom stereocenters. The number of amides is 1. The third-order valence-electron chi connectivity index (χ3n) is 4.21. The molecule has 0 fully saturated rings. The van der Waals surface area contributed by atoms with E-state index in [9.17, 15) is 13.2 Å². The standard InChI is InChI=1S/C22H24N2O4S/c1-3-14-24(17-19-8-6-18(16-23)7-9-19)22(25)5-4-15-28-20-10-12-21(13-11-20)29(2,26)27/h3,6-13H,1,4-5,14-15,17H2,2H3. The second-order valence-electron chi connectivity index (χ2n) is 6.57. The van der Waals surface area contributed by atoms with Gasteiger partial charge in [-0.15, -0.1) is 6.58 Å². The molecule has 0 radical (unpaired) electrons. The average molecular weight is 413 g/mol. The van der Waals surface area contributed by atoms with Gasteiger partial charge < -0.3 is 9.64 Å². The number of carbonyl (C=O) groups is 1. The molecular formula is C22H24N2O4S. The Bertz CT molecular complexity index is 975. The predicted molar refractivity (Wildman–Crippen MR) is 111 cm³/mol. The number of carbonyl (C=O) groups excluding carboxylic acids is 1. The molecule has 2 aromatic carbocycles. The molecular weight excluding hydrogens is 388 g/mol. The van der Waals surface area contributed by atoms with Crippen molar-refractivity contribution >= 4 is 15.7 Å². The number of sulfone groups is 1. The van der Waals surface area contributed by atoms with Crippen LogP contribution >= 0.6 is 0 Å². The topological polar surface area (TPSA) is 87.5 Å². The lowest BCUT2D eigenvalue weighted by Gasteiger charge is -2.21. The molecule has 0 N–H and O–H groups in total. The number of rotatable bonds is 10. The van der Waals surface area contributed by atoms with Gasteiger partial charge in [-0.25, -0.2) is 8.42 Å². The maximum Gasteiger partial charge on any atom is 0.223 e. The Labute approximate surface area is 172 Å². The predicted octanol–water partition coefficient (Wildman–Crippen LogP) is 3.34. The Morgan fingerprint density at radius 3 is 2.38 bits per heavy atom. The van der Waals surface area contributed by atoms with Crippen molar-refractivity contribution in [2.24, 2.45) is 0 Å². The van der Waals surface area contributed by atoms with E-state index in [2.05, 4.69) is 12.6 Å². The molecule has 0 saturated heterocycles. The van der Waals surface area contributed by atoms with E-state index in [1.165, 1.54) is 12.1 Å². The molecule has 2 rings (SSSR count). The monoisotopic (exact) mass is 412 g/mol. The van der Waals surface area contributed by atoms with E-state index in [0.29, 0.717) is 43.9 Å². The van der Waals surface area contributed by atoms with Crippen LogP contribution in [-0.4, -0.2) is 38.6 Å². The van der Waals surface area contributed by atoms with Crippen molar-refractivity contribution in [2.45, 2.75) is 24.3 Å². The van der Waals surface area contributed by atoms with Crippen LogP contribution in [0.2, 0.25) is 0 Å². The Kier molecular flexibility index (Phi) is 7.98. The first-order valence-corrected chi connectivity index (χ1v) is 11.0. The quantitative estimate of drug-likeness (QED) is 0.441. The number of ether oxygens (including phenoxy) is 1. The van der Waals surface area contributed by atoms with Crippen molar-refractivity contribution in [3.05, 3.63) is 72.3 Å². The minimum atomic E-state index is -3.23. The molecule has 0 bridgehead atoms. The van der Waals surface area contributed by atoms with Gasteiger partial charge in [0.2, 0.25) is 5.91 Å². The minimum Gasteiger partial charge on any atom is -0.494 e. The molecule has 0 heterocycles. The zero-order valence-electron chi connectivity index (χ0n) is 16.4. The highest BCUT2D eigenvalue weighted by Crippen LogP contribution is 2.16. The molecule has 6 nitrogen and oxygen atoms in total. The van der Waals surface area contributed by atoms with Crippen molar-refractivity contribution in [2.75, 3.05) is 19.4 Å². The highest BCUT2D eigenvalue weighted by molar-refractivity contribution is 7.90. The maximum absolute atomic E-state index is 12.5. The summed E-state index contributed by atoms with van der Waals surface area (Å²) in [4.78, 5) is 14.5. The Hall–Kier alpha value is -3.11. The van der Waals surface area contributed by atoms with Gasteiger partial charge in [0.05, 0.1) is 23.1 Å². The Morgan fingerprint density at radius 1 is 1.17 bits per heavy atom. The number of nitrogens with zero attached hydrogens (tertiary/aromatic N) is 2. The van der Waals surface area contributed by atoms with Crippen LogP contribution in [0.15, 0.2) is 66.1 Å².